The van der Waals surface area contributed by atoms with Crippen LogP contribution >= 0.6 is 15.9 Å². The molecule has 94 valence electrons. The zero-order valence-corrected chi connectivity index (χ0v) is 12.3. The minimum absolute atomic E-state index is 0.274. The zero-order chi connectivity index (χ0) is 12.3. The summed E-state index contributed by atoms with van der Waals surface area (Å²) in [6, 6.07) is 8.56. The Kier molecular flexibility index (Phi) is 4.23. The monoisotopic (exact) mass is 296 g/mol. The van der Waals surface area contributed by atoms with Crippen molar-refractivity contribution in [3.63, 3.8) is 0 Å². The molecular weight excluding hydrogens is 276 g/mol. The van der Waals surface area contributed by atoms with Crippen molar-refractivity contribution in [2.24, 2.45) is 0 Å². The number of nitrogens with zero attached hydrogens (tertiary/aromatic N) is 1. The molecule has 1 aliphatic rings. The molecule has 1 aromatic rings. The Balaban J connectivity index is 2.12. The molecule has 0 amide bonds. The van der Waals surface area contributed by atoms with Crippen LogP contribution in [0, 0.1) is 0 Å². The average Bonchev–Trinajstić information content (AvgIpc) is 2.35. The largest absolute Gasteiger partial charge is 0.314 e. The first-order valence-corrected chi connectivity index (χ1v) is 7.05. The first kappa shape index (κ1) is 13.1. The van der Waals surface area contributed by atoms with Gasteiger partial charge in [0.05, 0.1) is 0 Å². The van der Waals surface area contributed by atoms with E-state index < -0.39 is 0 Å². The molecule has 0 saturated carbocycles. The molecule has 0 unspecified atom stereocenters. The maximum Gasteiger partial charge on any atom is 0.0243 e. The van der Waals surface area contributed by atoms with Gasteiger partial charge >= 0.3 is 0 Å². The van der Waals surface area contributed by atoms with Crippen LogP contribution in [0.2, 0.25) is 0 Å². The highest BCUT2D eigenvalue weighted by Crippen LogP contribution is 2.28. The number of rotatable bonds is 3. The quantitative estimate of drug-likeness (QED) is 0.923. The van der Waals surface area contributed by atoms with E-state index in [0.717, 1.165) is 6.42 Å². The Labute approximate surface area is 113 Å². The SMILES string of the molecule is CNC1(Cc2ccccc2Br)CCN(C)CC1. The Morgan fingerprint density at radius 2 is 1.94 bits per heavy atom. The van der Waals surface area contributed by atoms with Crippen LogP contribution in [-0.4, -0.2) is 37.6 Å². The van der Waals surface area contributed by atoms with Gasteiger partial charge in [-0.25, -0.2) is 0 Å². The van der Waals surface area contributed by atoms with Gasteiger partial charge in [-0.2, -0.15) is 0 Å². The standard InChI is InChI=1S/C14H21BrN2/c1-16-14(7-9-17(2)10-8-14)11-12-5-3-4-6-13(12)15/h3-6,16H,7-11H2,1-2H3. The fraction of sp³-hybridized carbons (Fsp3) is 0.571. The number of likely N-dealkylation sites (tertiary alicyclic amines) is 1. The van der Waals surface area contributed by atoms with Crippen LogP contribution in [0.5, 0.6) is 0 Å². The molecule has 17 heavy (non-hydrogen) atoms. The van der Waals surface area contributed by atoms with Crippen LogP contribution in [0.1, 0.15) is 18.4 Å². The maximum absolute atomic E-state index is 3.65. The number of piperidine rings is 1. The second-order valence-corrected chi connectivity index (χ2v) is 5.96. The van der Waals surface area contributed by atoms with Crippen LogP contribution in [0.25, 0.3) is 0 Å². The van der Waals surface area contributed by atoms with Crippen molar-refractivity contribution in [1.82, 2.24) is 10.2 Å². The Hall–Kier alpha value is -0.380. The lowest BCUT2D eigenvalue weighted by molar-refractivity contribution is 0.163. The molecule has 1 fully saturated rings. The first-order chi connectivity index (χ1) is 8.15. The maximum atomic E-state index is 3.65. The lowest BCUT2D eigenvalue weighted by Gasteiger charge is -2.41. The lowest BCUT2D eigenvalue weighted by atomic mass is 9.82. The van der Waals surface area contributed by atoms with E-state index in [4.69, 9.17) is 0 Å². The summed E-state index contributed by atoms with van der Waals surface area (Å²) in [6.45, 7) is 2.37. The highest BCUT2D eigenvalue weighted by molar-refractivity contribution is 9.10. The fourth-order valence-electron chi connectivity index (χ4n) is 2.57. The van der Waals surface area contributed by atoms with Crippen molar-refractivity contribution < 1.29 is 0 Å². The summed E-state index contributed by atoms with van der Waals surface area (Å²) in [5.74, 6) is 0. The summed E-state index contributed by atoms with van der Waals surface area (Å²) in [6.07, 6.45) is 3.56. The van der Waals surface area contributed by atoms with E-state index in [0.29, 0.717) is 0 Å². The number of hydrogen-bond donors (Lipinski definition) is 1. The Morgan fingerprint density at radius 1 is 1.29 bits per heavy atom. The summed E-state index contributed by atoms with van der Waals surface area (Å²) in [5.41, 5.74) is 1.68. The molecule has 0 spiro atoms. The van der Waals surface area contributed by atoms with Crippen molar-refractivity contribution in [3.8, 4) is 0 Å². The molecule has 0 bridgehead atoms. The first-order valence-electron chi connectivity index (χ1n) is 6.26. The summed E-state index contributed by atoms with van der Waals surface area (Å²) in [7, 11) is 4.31. The Bertz CT molecular complexity index is 370. The van der Waals surface area contributed by atoms with Gasteiger partial charge in [0, 0.05) is 10.0 Å². The summed E-state index contributed by atoms with van der Waals surface area (Å²) < 4.78 is 1.23. The molecule has 0 aromatic heterocycles. The normalized spacial score (nSPS) is 20.4. The molecule has 1 aliphatic heterocycles. The van der Waals surface area contributed by atoms with Crippen molar-refractivity contribution in [2.75, 3.05) is 27.2 Å². The molecule has 1 saturated heterocycles. The lowest BCUT2D eigenvalue weighted by Crippen LogP contribution is -2.52. The third kappa shape index (κ3) is 3.09. The van der Waals surface area contributed by atoms with Crippen molar-refractivity contribution in [3.05, 3.63) is 34.3 Å². The van der Waals surface area contributed by atoms with Crippen molar-refractivity contribution >= 4 is 15.9 Å². The third-order valence-corrected chi connectivity index (χ3v) is 4.73. The van der Waals surface area contributed by atoms with E-state index in [1.54, 1.807) is 0 Å². The van der Waals surface area contributed by atoms with Crippen molar-refractivity contribution in [2.45, 2.75) is 24.8 Å². The number of benzene rings is 1. The van der Waals surface area contributed by atoms with Gasteiger partial charge in [0.2, 0.25) is 0 Å². The predicted octanol–water partition coefficient (Wildman–Crippen LogP) is 2.68. The molecular formula is C14H21BrN2. The summed E-state index contributed by atoms with van der Waals surface area (Å²) in [5, 5.41) is 3.57. The topological polar surface area (TPSA) is 15.3 Å². The van der Waals surface area contributed by atoms with E-state index in [9.17, 15) is 0 Å². The number of nitrogens with one attached hydrogen (secondary N) is 1. The minimum Gasteiger partial charge on any atom is -0.314 e. The number of likely N-dealkylation sites (N-methyl/N-ethyl adjacent to an activating group) is 1. The van der Waals surface area contributed by atoms with E-state index in [1.807, 2.05) is 0 Å². The second kappa shape index (κ2) is 5.51. The second-order valence-electron chi connectivity index (χ2n) is 5.10. The number of halogens is 1. The van der Waals surface area contributed by atoms with Crippen LogP contribution in [0.3, 0.4) is 0 Å². The molecule has 1 heterocycles. The van der Waals surface area contributed by atoms with Gasteiger partial charge in [-0.15, -0.1) is 0 Å². The van der Waals surface area contributed by atoms with E-state index >= 15 is 0 Å². The van der Waals surface area contributed by atoms with Gasteiger partial charge < -0.3 is 10.2 Å². The molecule has 0 radical (unpaired) electrons. The van der Waals surface area contributed by atoms with E-state index in [1.165, 1.54) is 36.0 Å². The Morgan fingerprint density at radius 3 is 2.53 bits per heavy atom. The fourth-order valence-corrected chi connectivity index (χ4v) is 2.99. The van der Waals surface area contributed by atoms with Gasteiger partial charge in [0.25, 0.3) is 0 Å². The number of hydrogen-bond acceptors (Lipinski definition) is 2. The third-order valence-electron chi connectivity index (χ3n) is 3.96. The van der Waals surface area contributed by atoms with Gasteiger partial charge in [-0.05, 0) is 58.1 Å². The predicted molar refractivity (Wildman–Crippen MR) is 76.4 cm³/mol. The smallest absolute Gasteiger partial charge is 0.0243 e. The molecule has 2 nitrogen and oxygen atoms in total. The average molecular weight is 297 g/mol. The van der Waals surface area contributed by atoms with Gasteiger partial charge in [0.15, 0.2) is 0 Å². The molecule has 3 heteroatoms. The van der Waals surface area contributed by atoms with E-state index in [-0.39, 0.29) is 5.54 Å². The van der Waals surface area contributed by atoms with Crippen LogP contribution < -0.4 is 5.32 Å². The molecule has 1 aromatic carbocycles. The molecule has 2 rings (SSSR count). The van der Waals surface area contributed by atoms with Crippen LogP contribution in [-0.2, 0) is 6.42 Å². The minimum atomic E-state index is 0.274. The summed E-state index contributed by atoms with van der Waals surface area (Å²) >= 11 is 3.65. The van der Waals surface area contributed by atoms with E-state index in [2.05, 4.69) is 64.5 Å². The summed E-state index contributed by atoms with van der Waals surface area (Å²) in [4.78, 5) is 2.41. The highest BCUT2D eigenvalue weighted by Gasteiger charge is 2.32. The highest BCUT2D eigenvalue weighted by atomic mass is 79.9. The van der Waals surface area contributed by atoms with Gasteiger partial charge in [-0.1, -0.05) is 34.1 Å². The van der Waals surface area contributed by atoms with Crippen LogP contribution in [0.15, 0.2) is 28.7 Å². The van der Waals surface area contributed by atoms with Gasteiger partial charge in [-0.3, -0.25) is 0 Å². The van der Waals surface area contributed by atoms with Crippen molar-refractivity contribution in [1.29, 1.82) is 0 Å². The molecule has 0 aliphatic carbocycles. The molecule has 0 atom stereocenters. The zero-order valence-electron chi connectivity index (χ0n) is 10.7. The molecule has 1 N–H and O–H groups in total. The van der Waals surface area contributed by atoms with Gasteiger partial charge in [0.1, 0.15) is 0 Å². The van der Waals surface area contributed by atoms with Crippen LogP contribution in [0.4, 0.5) is 0 Å².